The fourth-order valence-electron chi connectivity index (χ4n) is 0.858. The van der Waals surface area contributed by atoms with E-state index in [2.05, 4.69) is 0 Å². The maximum Gasteiger partial charge on any atom is 0.236 e. The van der Waals surface area contributed by atoms with Crippen LogP contribution in [0.25, 0.3) is 0 Å². The van der Waals surface area contributed by atoms with Crippen LogP contribution in [0.1, 0.15) is 27.2 Å². The molecule has 0 atom stereocenters. The van der Waals surface area contributed by atoms with Crippen molar-refractivity contribution < 1.29 is 4.79 Å². The predicted octanol–water partition coefficient (Wildman–Crippen LogP) is 0.169. The van der Waals surface area contributed by atoms with Crippen LogP contribution in [-0.4, -0.2) is 37.0 Å². The second-order valence-electron chi connectivity index (χ2n) is 2.59. The minimum atomic E-state index is 0.0457. The molecule has 0 radical (unpaired) electrons. The van der Waals surface area contributed by atoms with Gasteiger partial charge in [0, 0.05) is 13.1 Å². The lowest BCUT2D eigenvalue weighted by atomic mass is 10.4. The van der Waals surface area contributed by atoms with Gasteiger partial charge in [0.15, 0.2) is 0 Å². The highest BCUT2D eigenvalue weighted by atomic mass is 16.2. The molecule has 0 bridgehead atoms. The average Bonchev–Trinajstić information content (AvgIpc) is 2.14. The van der Waals surface area contributed by atoms with E-state index in [9.17, 15) is 4.79 Å². The topological polar surface area (TPSA) is 72.3 Å². The molecule has 0 aromatic heterocycles. The van der Waals surface area contributed by atoms with Gasteiger partial charge in [-0.25, -0.2) is 0 Å². The van der Waals surface area contributed by atoms with Gasteiger partial charge in [-0.05, 0) is 19.9 Å². The van der Waals surface area contributed by atoms with E-state index >= 15 is 0 Å². The van der Waals surface area contributed by atoms with E-state index < -0.39 is 0 Å². The summed E-state index contributed by atoms with van der Waals surface area (Å²) in [6.07, 6.45) is 1.000. The zero-order chi connectivity index (χ0) is 10.7. The van der Waals surface area contributed by atoms with Gasteiger partial charge in [0.25, 0.3) is 0 Å². The van der Waals surface area contributed by atoms with Gasteiger partial charge in [-0.3, -0.25) is 4.79 Å². The fraction of sp³-hybridized carbons (Fsp3) is 0.889. The molecule has 80 valence electrons. The van der Waals surface area contributed by atoms with E-state index in [1.165, 1.54) is 0 Å². The summed E-state index contributed by atoms with van der Waals surface area (Å²) >= 11 is 0. The standard InChI is InChI=1S/C7H16N2O.C2H7N/c1-3-5-9(4-2)7(10)6-8;1-2-3/h3-6,8H2,1-2H3;2-3H2,1H3. The Kier molecular flexibility index (Phi) is 13.0. The minimum absolute atomic E-state index is 0.0457. The first kappa shape index (κ1) is 14.9. The molecule has 0 heterocycles. The van der Waals surface area contributed by atoms with Gasteiger partial charge in [-0.1, -0.05) is 13.8 Å². The van der Waals surface area contributed by atoms with Gasteiger partial charge in [0.2, 0.25) is 5.91 Å². The number of hydrogen-bond acceptors (Lipinski definition) is 3. The van der Waals surface area contributed by atoms with Crippen LogP contribution in [0.4, 0.5) is 0 Å². The van der Waals surface area contributed by atoms with Crippen LogP contribution in [0, 0.1) is 0 Å². The van der Waals surface area contributed by atoms with E-state index in [0.717, 1.165) is 26.1 Å². The summed E-state index contributed by atoms with van der Waals surface area (Å²) in [5.74, 6) is 0.0457. The highest BCUT2D eigenvalue weighted by Crippen LogP contribution is 1.89. The smallest absolute Gasteiger partial charge is 0.236 e. The van der Waals surface area contributed by atoms with E-state index in [1.54, 1.807) is 4.90 Å². The summed E-state index contributed by atoms with van der Waals surface area (Å²) in [6, 6.07) is 0. The summed E-state index contributed by atoms with van der Waals surface area (Å²) < 4.78 is 0. The molecule has 4 nitrogen and oxygen atoms in total. The van der Waals surface area contributed by atoms with Gasteiger partial charge >= 0.3 is 0 Å². The normalized spacial score (nSPS) is 8.69. The summed E-state index contributed by atoms with van der Waals surface area (Å²) in [6.45, 7) is 8.39. The summed E-state index contributed by atoms with van der Waals surface area (Å²) in [4.78, 5) is 12.7. The Morgan fingerprint density at radius 1 is 1.23 bits per heavy atom. The first-order valence-corrected chi connectivity index (χ1v) is 4.85. The van der Waals surface area contributed by atoms with E-state index in [0.29, 0.717) is 0 Å². The van der Waals surface area contributed by atoms with Gasteiger partial charge in [0.05, 0.1) is 6.54 Å². The van der Waals surface area contributed by atoms with Crippen LogP contribution < -0.4 is 11.5 Å². The third kappa shape index (κ3) is 9.30. The first-order chi connectivity index (χ1) is 6.17. The summed E-state index contributed by atoms with van der Waals surface area (Å²) in [5.41, 5.74) is 10.0. The first-order valence-electron chi connectivity index (χ1n) is 4.85. The molecule has 0 unspecified atom stereocenters. The van der Waals surface area contributed by atoms with Crippen LogP contribution >= 0.6 is 0 Å². The molecule has 0 aromatic rings. The van der Waals surface area contributed by atoms with Crippen molar-refractivity contribution in [2.45, 2.75) is 27.2 Å². The number of carbonyl (C=O) groups is 1. The molecule has 0 aliphatic rings. The molecule has 4 heteroatoms. The highest BCUT2D eigenvalue weighted by molar-refractivity contribution is 5.77. The number of amides is 1. The van der Waals surface area contributed by atoms with Gasteiger partial charge < -0.3 is 16.4 Å². The molecule has 1 amide bonds. The molecule has 0 rings (SSSR count). The van der Waals surface area contributed by atoms with Crippen LogP contribution in [0.15, 0.2) is 0 Å². The summed E-state index contributed by atoms with van der Waals surface area (Å²) in [7, 11) is 0. The third-order valence-corrected chi connectivity index (χ3v) is 1.40. The Bertz CT molecular complexity index is 117. The SMILES string of the molecule is CCCN(CC)C(=O)CN.CCN. The molecular weight excluding hydrogens is 166 g/mol. The van der Waals surface area contributed by atoms with Gasteiger partial charge in [-0.15, -0.1) is 0 Å². The van der Waals surface area contributed by atoms with Crippen molar-refractivity contribution >= 4 is 5.91 Å². The predicted molar refractivity (Wildman–Crippen MR) is 56.3 cm³/mol. The van der Waals surface area contributed by atoms with Crippen molar-refractivity contribution in [2.24, 2.45) is 11.5 Å². The lowest BCUT2D eigenvalue weighted by molar-refractivity contribution is -0.129. The van der Waals surface area contributed by atoms with Crippen LogP contribution in [-0.2, 0) is 4.79 Å². The van der Waals surface area contributed by atoms with Crippen LogP contribution in [0.3, 0.4) is 0 Å². The fourth-order valence-corrected chi connectivity index (χ4v) is 0.858. The second-order valence-corrected chi connectivity index (χ2v) is 2.59. The van der Waals surface area contributed by atoms with Gasteiger partial charge in [0.1, 0.15) is 0 Å². The number of nitrogens with zero attached hydrogens (tertiary/aromatic N) is 1. The highest BCUT2D eigenvalue weighted by Gasteiger charge is 2.06. The third-order valence-electron chi connectivity index (χ3n) is 1.40. The molecule has 4 N–H and O–H groups in total. The Morgan fingerprint density at radius 2 is 1.69 bits per heavy atom. The second kappa shape index (κ2) is 11.4. The average molecular weight is 189 g/mol. The molecule has 0 saturated carbocycles. The number of likely N-dealkylation sites (N-methyl/N-ethyl adjacent to an activating group) is 1. The zero-order valence-corrected chi connectivity index (χ0v) is 9.05. The lowest BCUT2D eigenvalue weighted by Crippen LogP contribution is -2.36. The quantitative estimate of drug-likeness (QED) is 0.662. The molecule has 0 aromatic carbocycles. The maximum atomic E-state index is 10.9. The Hall–Kier alpha value is -0.610. The Balaban J connectivity index is 0. The molecule has 0 spiro atoms. The van der Waals surface area contributed by atoms with Crippen molar-refractivity contribution in [3.8, 4) is 0 Å². The molecule has 0 fully saturated rings. The van der Waals surface area contributed by atoms with Crippen molar-refractivity contribution in [1.82, 2.24) is 4.90 Å². The zero-order valence-electron chi connectivity index (χ0n) is 9.05. The van der Waals surface area contributed by atoms with E-state index in [4.69, 9.17) is 11.5 Å². The largest absolute Gasteiger partial charge is 0.342 e. The molecule has 0 saturated heterocycles. The number of rotatable bonds is 4. The van der Waals surface area contributed by atoms with Crippen molar-refractivity contribution in [2.75, 3.05) is 26.2 Å². The summed E-state index contributed by atoms with van der Waals surface area (Å²) in [5, 5.41) is 0. The monoisotopic (exact) mass is 189 g/mol. The van der Waals surface area contributed by atoms with E-state index in [-0.39, 0.29) is 12.5 Å². The van der Waals surface area contributed by atoms with Crippen LogP contribution in [0.2, 0.25) is 0 Å². The Labute approximate surface area is 81.3 Å². The maximum absolute atomic E-state index is 10.9. The molecule has 0 aliphatic heterocycles. The molecule has 13 heavy (non-hydrogen) atoms. The number of nitrogens with two attached hydrogens (primary N) is 2. The molecule has 0 aliphatic carbocycles. The van der Waals surface area contributed by atoms with Crippen molar-refractivity contribution in [1.29, 1.82) is 0 Å². The number of hydrogen-bond donors (Lipinski definition) is 2. The number of carbonyl (C=O) groups excluding carboxylic acids is 1. The Morgan fingerprint density at radius 3 is 1.92 bits per heavy atom. The van der Waals surface area contributed by atoms with Crippen molar-refractivity contribution in [3.63, 3.8) is 0 Å². The van der Waals surface area contributed by atoms with Crippen molar-refractivity contribution in [3.05, 3.63) is 0 Å². The van der Waals surface area contributed by atoms with Crippen LogP contribution in [0.5, 0.6) is 0 Å². The van der Waals surface area contributed by atoms with E-state index in [1.807, 2.05) is 20.8 Å². The molecular formula is C9H23N3O. The minimum Gasteiger partial charge on any atom is -0.342 e. The lowest BCUT2D eigenvalue weighted by Gasteiger charge is -2.18. The van der Waals surface area contributed by atoms with Gasteiger partial charge in [-0.2, -0.15) is 0 Å².